The number of hydrogen-bond acceptors (Lipinski definition) is 9. The monoisotopic (exact) mass is 762 g/mol. The number of sulfonamides is 1. The minimum Gasteiger partial charge on any atom is -0.460 e. The fourth-order valence-corrected chi connectivity index (χ4v) is 8.89. The third-order valence-corrected chi connectivity index (χ3v) is 12.4. The van der Waals surface area contributed by atoms with Crippen molar-refractivity contribution in [1.29, 1.82) is 0 Å². The number of esters is 1. The molecular formula is C37H48F2N4O9S. The molecule has 3 heterocycles. The number of halogens is 2. The smallest absolute Gasteiger partial charge is 0.410 e. The average molecular weight is 763 g/mol. The molecule has 3 aliphatic heterocycles. The highest BCUT2D eigenvalue weighted by atomic mass is 32.2. The molecular weight excluding hydrogens is 714 g/mol. The Bertz CT molecular complexity index is 1790. The van der Waals surface area contributed by atoms with Gasteiger partial charge in [-0.15, -0.1) is 0 Å². The first-order valence-corrected chi connectivity index (χ1v) is 20.0. The van der Waals surface area contributed by atoms with Crippen LogP contribution in [0.3, 0.4) is 0 Å². The summed E-state index contributed by atoms with van der Waals surface area (Å²) in [6.45, 7) is 4.77. The van der Waals surface area contributed by atoms with E-state index in [9.17, 15) is 41.2 Å². The van der Waals surface area contributed by atoms with Crippen LogP contribution in [0.2, 0.25) is 0 Å². The first kappa shape index (κ1) is 38.6. The Labute approximate surface area is 308 Å². The van der Waals surface area contributed by atoms with Crippen LogP contribution in [0.4, 0.5) is 13.6 Å². The summed E-state index contributed by atoms with van der Waals surface area (Å²) in [4.78, 5) is 71.1. The molecule has 6 rings (SSSR count). The Morgan fingerprint density at radius 3 is 2.45 bits per heavy atom. The zero-order valence-electron chi connectivity index (χ0n) is 30.3. The minimum absolute atomic E-state index is 0.0483. The number of nitrogens with one attached hydrogen (secondary N) is 2. The molecule has 5 aliphatic rings. The van der Waals surface area contributed by atoms with Gasteiger partial charge in [0.25, 0.3) is 5.91 Å². The molecule has 13 nitrogen and oxygen atoms in total. The van der Waals surface area contributed by atoms with Gasteiger partial charge in [0.15, 0.2) is 0 Å². The number of carbonyl (C=O) groups is 5. The van der Waals surface area contributed by atoms with Gasteiger partial charge in [-0.05, 0) is 83.4 Å². The third-order valence-electron chi connectivity index (χ3n) is 10.6. The van der Waals surface area contributed by atoms with Gasteiger partial charge in [0, 0.05) is 30.4 Å². The Morgan fingerprint density at radius 1 is 1.04 bits per heavy atom. The second kappa shape index (κ2) is 15.0. The fraction of sp³-hybridized carbons (Fsp3) is 0.649. The molecule has 2 aliphatic carbocycles. The zero-order chi connectivity index (χ0) is 38.3. The summed E-state index contributed by atoms with van der Waals surface area (Å²) in [7, 11) is -3.94. The summed E-state index contributed by atoms with van der Waals surface area (Å²) in [5.41, 5.74) is -2.13. The van der Waals surface area contributed by atoms with E-state index in [0.29, 0.717) is 32.1 Å². The van der Waals surface area contributed by atoms with Gasteiger partial charge >= 0.3 is 12.1 Å². The Balaban J connectivity index is 1.25. The maximum atomic E-state index is 14.6. The van der Waals surface area contributed by atoms with Crippen LogP contribution < -0.4 is 10.0 Å². The predicted molar refractivity (Wildman–Crippen MR) is 186 cm³/mol. The molecule has 290 valence electrons. The first-order chi connectivity index (χ1) is 25.0. The van der Waals surface area contributed by atoms with E-state index < -0.39 is 91.8 Å². The van der Waals surface area contributed by atoms with E-state index in [-0.39, 0.29) is 56.4 Å². The number of fused-ring (bicyclic) bond motifs is 3. The highest BCUT2D eigenvalue weighted by molar-refractivity contribution is 7.91. The highest BCUT2D eigenvalue weighted by Crippen LogP contribution is 2.46. The van der Waals surface area contributed by atoms with Crippen molar-refractivity contribution in [3.05, 3.63) is 47.0 Å². The molecule has 53 heavy (non-hydrogen) atoms. The number of benzene rings is 1. The van der Waals surface area contributed by atoms with Crippen LogP contribution in [-0.2, 0) is 51.6 Å². The number of nitrogens with zero attached hydrogens (tertiary/aromatic N) is 2. The van der Waals surface area contributed by atoms with Crippen molar-refractivity contribution in [2.75, 3.05) is 13.1 Å². The second-order valence-corrected chi connectivity index (χ2v) is 17.9. The molecule has 4 amide bonds. The van der Waals surface area contributed by atoms with Crippen LogP contribution in [0.5, 0.6) is 0 Å². The summed E-state index contributed by atoms with van der Waals surface area (Å²) in [6.07, 6.45) is 5.67. The lowest BCUT2D eigenvalue weighted by molar-refractivity contribution is -0.159. The number of carbonyl (C=O) groups excluding carboxylic acids is 5. The van der Waals surface area contributed by atoms with Gasteiger partial charge in [-0.2, -0.15) is 0 Å². The number of allylic oxidation sites excluding steroid dienone is 1. The fourth-order valence-electron chi connectivity index (χ4n) is 7.53. The topological polar surface area (TPSA) is 168 Å². The second-order valence-electron chi connectivity index (χ2n) is 15.9. The average Bonchev–Trinajstić information content (AvgIpc) is 4.01. The molecule has 0 unspecified atom stereocenters. The van der Waals surface area contributed by atoms with Crippen molar-refractivity contribution >= 4 is 39.8 Å². The molecule has 2 saturated carbocycles. The molecule has 16 heteroatoms. The summed E-state index contributed by atoms with van der Waals surface area (Å²) in [5, 5.41) is 2.11. The number of hydrogen-bond donors (Lipinski definition) is 2. The summed E-state index contributed by atoms with van der Waals surface area (Å²) >= 11 is 0. The van der Waals surface area contributed by atoms with Gasteiger partial charge in [0.05, 0.1) is 24.8 Å². The normalized spacial score (nSPS) is 28.6. The Morgan fingerprint density at radius 2 is 1.75 bits per heavy atom. The van der Waals surface area contributed by atoms with Gasteiger partial charge in [0.1, 0.15) is 34.9 Å². The van der Waals surface area contributed by atoms with Crippen LogP contribution in [0.25, 0.3) is 0 Å². The van der Waals surface area contributed by atoms with Gasteiger partial charge in [-0.3, -0.25) is 23.9 Å². The van der Waals surface area contributed by atoms with Crippen molar-refractivity contribution in [2.45, 2.75) is 126 Å². The quantitative estimate of drug-likeness (QED) is 0.324. The molecule has 0 aromatic heterocycles. The lowest BCUT2D eigenvalue weighted by atomic mass is 9.95. The molecule has 5 atom stereocenters. The zero-order valence-corrected chi connectivity index (χ0v) is 31.1. The van der Waals surface area contributed by atoms with E-state index in [1.165, 1.54) is 9.80 Å². The summed E-state index contributed by atoms with van der Waals surface area (Å²) in [5.74, 6) is -5.25. The van der Waals surface area contributed by atoms with E-state index in [4.69, 9.17) is 9.47 Å². The van der Waals surface area contributed by atoms with Crippen molar-refractivity contribution in [1.82, 2.24) is 19.8 Å². The molecule has 3 fully saturated rings. The van der Waals surface area contributed by atoms with Crippen LogP contribution in [0.15, 0.2) is 24.3 Å². The van der Waals surface area contributed by atoms with Gasteiger partial charge in [-0.25, -0.2) is 22.0 Å². The first-order valence-electron chi connectivity index (χ1n) is 18.5. The highest BCUT2D eigenvalue weighted by Gasteiger charge is 2.62. The number of amides is 4. The Hall–Kier alpha value is -4.08. The minimum atomic E-state index is -3.94. The van der Waals surface area contributed by atoms with E-state index in [2.05, 4.69) is 10.0 Å². The molecule has 2 N–H and O–H groups in total. The van der Waals surface area contributed by atoms with Crippen molar-refractivity contribution in [2.24, 2.45) is 11.8 Å². The third kappa shape index (κ3) is 8.84. The van der Waals surface area contributed by atoms with E-state index >= 15 is 0 Å². The number of ether oxygens (including phenoxy) is 2. The standard InChI is InChI=1S/C37H48F2N4O9S/c1-36(2,3)52-31(44)17-22-9-7-5-4-6-8-10-23-19-37(23,34(47)41-53(49,50)25-11-12-25)40-32(45)30-18-24(20-43(30)33(22)46)51-35(48)42-16-15-26-27(21-42)29(39)14-13-28(26)38/h8,10,13-14,22-25,30H,4-7,9,11-12,15-21H2,1-3H3,(H,40,45)(H,41,47)/b10-8-/t22-,23-,24-,30+,37-/m1/s1. The molecule has 1 aromatic rings. The van der Waals surface area contributed by atoms with E-state index in [1.807, 2.05) is 12.2 Å². The van der Waals surface area contributed by atoms with Crippen LogP contribution >= 0.6 is 0 Å². The van der Waals surface area contributed by atoms with Gasteiger partial charge in [-0.1, -0.05) is 25.0 Å². The van der Waals surface area contributed by atoms with E-state index in [0.717, 1.165) is 25.0 Å². The van der Waals surface area contributed by atoms with Gasteiger partial charge < -0.3 is 24.6 Å². The largest absolute Gasteiger partial charge is 0.460 e. The molecule has 0 bridgehead atoms. The summed E-state index contributed by atoms with van der Waals surface area (Å²) in [6, 6.07) is 0.798. The lowest BCUT2D eigenvalue weighted by Crippen LogP contribution is -2.57. The van der Waals surface area contributed by atoms with Crippen LogP contribution in [0, 0.1) is 23.5 Å². The Kier molecular flexibility index (Phi) is 10.9. The predicted octanol–water partition coefficient (Wildman–Crippen LogP) is 3.78. The number of rotatable bonds is 6. The van der Waals surface area contributed by atoms with Gasteiger partial charge in [0.2, 0.25) is 21.8 Å². The van der Waals surface area contributed by atoms with E-state index in [1.54, 1.807) is 20.8 Å². The SMILES string of the molecule is CC(C)(C)OC(=O)C[C@H]1CCCCC/C=C\[C@@H]2C[C@@]2(C(=O)NS(=O)(=O)C2CC2)NC(=O)[C@@H]2C[C@@H](OC(=O)N3CCc4c(F)ccc(F)c4C3)CN2C1=O. The molecule has 1 saturated heterocycles. The van der Waals surface area contributed by atoms with Crippen molar-refractivity contribution < 1.29 is 50.6 Å². The lowest BCUT2D eigenvalue weighted by Gasteiger charge is -2.30. The van der Waals surface area contributed by atoms with Crippen molar-refractivity contribution in [3.8, 4) is 0 Å². The molecule has 1 aromatic carbocycles. The maximum absolute atomic E-state index is 14.6. The molecule has 0 radical (unpaired) electrons. The maximum Gasteiger partial charge on any atom is 0.410 e. The van der Waals surface area contributed by atoms with Crippen LogP contribution in [0.1, 0.15) is 96.1 Å². The summed E-state index contributed by atoms with van der Waals surface area (Å²) < 4.78 is 68.0. The van der Waals surface area contributed by atoms with Crippen LogP contribution in [-0.4, -0.2) is 89.6 Å². The van der Waals surface area contributed by atoms with Crippen molar-refractivity contribution in [3.63, 3.8) is 0 Å². The molecule has 0 spiro atoms.